The molecule has 1 atom stereocenters. The maximum absolute atomic E-state index is 12.2. The van der Waals surface area contributed by atoms with Crippen LogP contribution in [-0.4, -0.2) is 18.0 Å². The molecule has 4 nitrogen and oxygen atoms in total. The van der Waals surface area contributed by atoms with Crippen LogP contribution in [-0.2, 0) is 0 Å². The van der Waals surface area contributed by atoms with Gasteiger partial charge in [-0.3, -0.25) is 4.79 Å². The Morgan fingerprint density at radius 3 is 2.42 bits per heavy atom. The van der Waals surface area contributed by atoms with E-state index < -0.39 is 5.54 Å². The molecule has 19 heavy (non-hydrogen) atoms. The van der Waals surface area contributed by atoms with Gasteiger partial charge in [0.25, 0.3) is 5.91 Å². The number of amides is 1. The third kappa shape index (κ3) is 4.38. The van der Waals surface area contributed by atoms with E-state index in [0.29, 0.717) is 23.6 Å². The van der Waals surface area contributed by atoms with Gasteiger partial charge in [0.05, 0.1) is 11.6 Å². The van der Waals surface area contributed by atoms with Gasteiger partial charge in [-0.2, -0.15) is 5.26 Å². The topological polar surface area (TPSA) is 78.9 Å². The summed E-state index contributed by atoms with van der Waals surface area (Å²) in [6.07, 6.45) is 0.825. The lowest BCUT2D eigenvalue weighted by Crippen LogP contribution is -2.52. The number of carbonyl (C=O) groups excluding carboxylic acids is 1. The number of benzene rings is 1. The molecule has 1 aromatic carbocycles. The molecule has 1 rings (SSSR count). The minimum Gasteiger partial charge on any atom is -0.346 e. The molecule has 1 amide bonds. The van der Waals surface area contributed by atoms with Crippen LogP contribution in [0.4, 0.5) is 0 Å². The van der Waals surface area contributed by atoms with Crippen LogP contribution in [0.2, 0.25) is 0 Å². The maximum Gasteiger partial charge on any atom is 0.251 e. The first-order chi connectivity index (χ1) is 8.90. The van der Waals surface area contributed by atoms with Crippen LogP contribution in [0.3, 0.4) is 0 Å². The summed E-state index contributed by atoms with van der Waals surface area (Å²) in [4.78, 5) is 12.2. The van der Waals surface area contributed by atoms with E-state index in [0.717, 1.165) is 6.42 Å². The SMILES string of the molecule is CC(C)CC(C)(CN)NC(=O)c1ccc(C#N)cc1. The molecule has 0 fully saturated rings. The standard InChI is InChI=1S/C15H21N3O/c1-11(2)8-15(3,10-17)18-14(19)13-6-4-12(9-16)5-7-13/h4-7,11H,8,10,17H2,1-3H3,(H,18,19). The summed E-state index contributed by atoms with van der Waals surface area (Å²) >= 11 is 0. The van der Waals surface area contributed by atoms with Crippen LogP contribution in [0.1, 0.15) is 43.1 Å². The summed E-state index contributed by atoms with van der Waals surface area (Å²) in [5, 5.41) is 11.7. The Morgan fingerprint density at radius 1 is 1.42 bits per heavy atom. The van der Waals surface area contributed by atoms with Crippen LogP contribution in [0.15, 0.2) is 24.3 Å². The van der Waals surface area contributed by atoms with Gasteiger partial charge < -0.3 is 11.1 Å². The second-order valence-corrected chi connectivity index (χ2v) is 5.51. The van der Waals surface area contributed by atoms with Crippen molar-refractivity contribution in [1.82, 2.24) is 5.32 Å². The summed E-state index contributed by atoms with van der Waals surface area (Å²) in [7, 11) is 0. The first-order valence-electron chi connectivity index (χ1n) is 6.43. The zero-order valence-corrected chi connectivity index (χ0v) is 11.7. The lowest BCUT2D eigenvalue weighted by molar-refractivity contribution is 0.0898. The molecular formula is C15H21N3O. The first kappa shape index (κ1) is 15.2. The molecule has 0 aromatic heterocycles. The zero-order valence-electron chi connectivity index (χ0n) is 11.7. The van der Waals surface area contributed by atoms with Crippen LogP contribution in [0, 0.1) is 17.2 Å². The second kappa shape index (κ2) is 6.35. The van der Waals surface area contributed by atoms with Gasteiger partial charge in [0.2, 0.25) is 0 Å². The van der Waals surface area contributed by atoms with Crippen molar-refractivity contribution < 1.29 is 4.79 Å². The van der Waals surface area contributed by atoms with Crippen molar-refractivity contribution in [2.75, 3.05) is 6.54 Å². The number of hydrogen-bond donors (Lipinski definition) is 2. The number of nitrogens with zero attached hydrogens (tertiary/aromatic N) is 1. The molecule has 0 aliphatic heterocycles. The molecule has 0 saturated carbocycles. The lowest BCUT2D eigenvalue weighted by atomic mass is 9.90. The van der Waals surface area contributed by atoms with E-state index in [1.165, 1.54) is 0 Å². The molecule has 1 unspecified atom stereocenters. The Hall–Kier alpha value is -1.86. The predicted molar refractivity (Wildman–Crippen MR) is 75.5 cm³/mol. The van der Waals surface area contributed by atoms with E-state index in [9.17, 15) is 4.79 Å². The number of nitrogens with two attached hydrogens (primary N) is 1. The van der Waals surface area contributed by atoms with Crippen molar-refractivity contribution in [3.05, 3.63) is 35.4 Å². The monoisotopic (exact) mass is 259 g/mol. The molecule has 0 heterocycles. The molecule has 3 N–H and O–H groups in total. The molecule has 0 bridgehead atoms. The van der Waals surface area contributed by atoms with Crippen molar-refractivity contribution >= 4 is 5.91 Å². The number of rotatable bonds is 5. The Kier molecular flexibility index (Phi) is 5.08. The van der Waals surface area contributed by atoms with Crippen molar-refractivity contribution in [3.63, 3.8) is 0 Å². The van der Waals surface area contributed by atoms with E-state index in [1.54, 1.807) is 24.3 Å². The van der Waals surface area contributed by atoms with Gasteiger partial charge in [-0.1, -0.05) is 13.8 Å². The summed E-state index contributed by atoms with van der Waals surface area (Å²) in [6.45, 7) is 6.55. The zero-order chi connectivity index (χ0) is 14.5. The van der Waals surface area contributed by atoms with Crippen LogP contribution in [0.5, 0.6) is 0 Å². The van der Waals surface area contributed by atoms with E-state index in [4.69, 9.17) is 11.0 Å². The average molecular weight is 259 g/mol. The summed E-state index contributed by atoms with van der Waals surface area (Å²) in [6, 6.07) is 8.60. The van der Waals surface area contributed by atoms with Crippen LogP contribution >= 0.6 is 0 Å². The second-order valence-electron chi connectivity index (χ2n) is 5.51. The molecule has 0 saturated heterocycles. The fourth-order valence-electron chi connectivity index (χ4n) is 2.13. The lowest BCUT2D eigenvalue weighted by Gasteiger charge is -2.31. The third-order valence-electron chi connectivity index (χ3n) is 3.00. The molecule has 0 spiro atoms. The van der Waals surface area contributed by atoms with Crippen molar-refractivity contribution in [2.45, 2.75) is 32.7 Å². The van der Waals surface area contributed by atoms with Gasteiger partial charge in [0.15, 0.2) is 0 Å². The summed E-state index contributed by atoms with van der Waals surface area (Å²) < 4.78 is 0. The van der Waals surface area contributed by atoms with Gasteiger partial charge in [-0.15, -0.1) is 0 Å². The van der Waals surface area contributed by atoms with Gasteiger partial charge in [-0.05, 0) is 43.5 Å². The fraction of sp³-hybridized carbons (Fsp3) is 0.467. The number of carbonyl (C=O) groups is 1. The van der Waals surface area contributed by atoms with E-state index in [2.05, 4.69) is 19.2 Å². The highest BCUT2D eigenvalue weighted by Crippen LogP contribution is 2.16. The van der Waals surface area contributed by atoms with Gasteiger partial charge >= 0.3 is 0 Å². The van der Waals surface area contributed by atoms with Gasteiger partial charge in [0, 0.05) is 17.6 Å². The predicted octanol–water partition coefficient (Wildman–Crippen LogP) is 2.05. The maximum atomic E-state index is 12.2. The van der Waals surface area contributed by atoms with Crippen molar-refractivity contribution in [3.8, 4) is 6.07 Å². The Bertz CT molecular complexity index is 473. The highest BCUT2D eigenvalue weighted by atomic mass is 16.1. The smallest absolute Gasteiger partial charge is 0.251 e. The quantitative estimate of drug-likeness (QED) is 0.849. The fourth-order valence-corrected chi connectivity index (χ4v) is 2.13. The molecule has 0 aliphatic carbocycles. The highest BCUT2D eigenvalue weighted by molar-refractivity contribution is 5.94. The normalized spacial score (nSPS) is 13.7. The first-order valence-corrected chi connectivity index (χ1v) is 6.43. The molecule has 4 heteroatoms. The molecule has 102 valence electrons. The molecule has 0 aliphatic rings. The minimum absolute atomic E-state index is 0.155. The van der Waals surface area contributed by atoms with Crippen molar-refractivity contribution in [1.29, 1.82) is 5.26 Å². The number of hydrogen-bond acceptors (Lipinski definition) is 3. The van der Waals surface area contributed by atoms with E-state index >= 15 is 0 Å². The summed E-state index contributed by atoms with van der Waals surface area (Å²) in [5.74, 6) is 0.299. The van der Waals surface area contributed by atoms with E-state index in [-0.39, 0.29) is 5.91 Å². The number of nitrogens with one attached hydrogen (secondary N) is 1. The van der Waals surface area contributed by atoms with Gasteiger partial charge in [-0.25, -0.2) is 0 Å². The Labute approximate surface area is 114 Å². The molecule has 0 radical (unpaired) electrons. The molecular weight excluding hydrogens is 238 g/mol. The minimum atomic E-state index is -0.404. The van der Waals surface area contributed by atoms with Gasteiger partial charge in [0.1, 0.15) is 0 Å². The Balaban J connectivity index is 2.79. The third-order valence-corrected chi connectivity index (χ3v) is 3.00. The van der Waals surface area contributed by atoms with Crippen LogP contribution in [0.25, 0.3) is 0 Å². The largest absolute Gasteiger partial charge is 0.346 e. The summed E-state index contributed by atoms with van der Waals surface area (Å²) in [5.41, 5.74) is 6.45. The molecule has 1 aromatic rings. The Morgan fingerprint density at radius 2 is 2.00 bits per heavy atom. The van der Waals surface area contributed by atoms with Crippen LogP contribution < -0.4 is 11.1 Å². The highest BCUT2D eigenvalue weighted by Gasteiger charge is 2.26. The van der Waals surface area contributed by atoms with E-state index in [1.807, 2.05) is 13.0 Å². The average Bonchev–Trinajstić information content (AvgIpc) is 2.37. The van der Waals surface area contributed by atoms with Crippen molar-refractivity contribution in [2.24, 2.45) is 11.7 Å². The number of nitriles is 1.